The van der Waals surface area contributed by atoms with Gasteiger partial charge in [-0.3, -0.25) is 4.79 Å². The number of methoxy groups -OCH3 is 2. The lowest BCUT2D eigenvalue weighted by Gasteiger charge is -2.36. The molecule has 1 atom stereocenters. The van der Waals surface area contributed by atoms with E-state index in [1.165, 1.54) is 10.4 Å². The second-order valence-electron chi connectivity index (χ2n) is 5.29. The van der Waals surface area contributed by atoms with Gasteiger partial charge in [0.15, 0.2) is 11.5 Å². The van der Waals surface area contributed by atoms with E-state index >= 15 is 0 Å². The molecule has 0 fully saturated rings. The molecule has 0 spiro atoms. The first-order valence-corrected chi connectivity index (χ1v) is 8.09. The summed E-state index contributed by atoms with van der Waals surface area (Å²) in [7, 11) is 3.28. The third-order valence-corrected chi connectivity index (χ3v) is 5.02. The lowest BCUT2D eigenvalue weighted by atomic mass is 9.91. The largest absolute Gasteiger partial charge is 0.493 e. The highest BCUT2D eigenvalue weighted by Crippen LogP contribution is 2.42. The predicted molar refractivity (Wildman–Crippen MR) is 86.8 cm³/mol. The molecule has 1 amide bonds. The van der Waals surface area contributed by atoms with Gasteiger partial charge in [-0.1, -0.05) is 6.07 Å². The number of carbonyl (C=O) groups is 1. The van der Waals surface area contributed by atoms with Crippen LogP contribution in [0.5, 0.6) is 11.5 Å². The van der Waals surface area contributed by atoms with Crippen molar-refractivity contribution in [3.63, 3.8) is 0 Å². The van der Waals surface area contributed by atoms with E-state index in [9.17, 15) is 4.79 Å². The molecule has 1 aliphatic rings. The Morgan fingerprint density at radius 3 is 2.59 bits per heavy atom. The van der Waals surface area contributed by atoms with Gasteiger partial charge in [0.25, 0.3) is 0 Å². The van der Waals surface area contributed by atoms with E-state index in [4.69, 9.17) is 9.47 Å². The lowest BCUT2D eigenvalue weighted by Crippen LogP contribution is -2.39. The van der Waals surface area contributed by atoms with Crippen LogP contribution >= 0.6 is 11.3 Å². The first-order chi connectivity index (χ1) is 10.7. The molecule has 4 nitrogen and oxygen atoms in total. The van der Waals surface area contributed by atoms with Gasteiger partial charge in [-0.25, -0.2) is 0 Å². The van der Waals surface area contributed by atoms with Crippen molar-refractivity contribution in [3.8, 4) is 11.5 Å². The molecular weight excluding hydrogens is 298 g/mol. The summed E-state index contributed by atoms with van der Waals surface area (Å²) in [6, 6.07) is 8.10. The molecule has 0 radical (unpaired) electrons. The smallest absolute Gasteiger partial charge is 0.220 e. The number of hydrogen-bond donors (Lipinski definition) is 0. The van der Waals surface area contributed by atoms with Crippen molar-refractivity contribution in [2.45, 2.75) is 19.4 Å². The zero-order chi connectivity index (χ0) is 15.7. The summed E-state index contributed by atoms with van der Waals surface area (Å²) in [5, 5.41) is 2.04. The van der Waals surface area contributed by atoms with Gasteiger partial charge < -0.3 is 14.4 Å². The van der Waals surface area contributed by atoms with Gasteiger partial charge in [-0.05, 0) is 41.1 Å². The molecule has 22 heavy (non-hydrogen) atoms. The molecule has 5 heteroatoms. The Balaban J connectivity index is 2.15. The summed E-state index contributed by atoms with van der Waals surface area (Å²) in [4.78, 5) is 15.2. The van der Waals surface area contributed by atoms with Crippen LogP contribution in [-0.4, -0.2) is 31.6 Å². The molecule has 1 aliphatic heterocycles. The Hall–Kier alpha value is -2.01. The Kier molecular flexibility index (Phi) is 4.07. The quantitative estimate of drug-likeness (QED) is 0.872. The fourth-order valence-corrected chi connectivity index (χ4v) is 3.89. The van der Waals surface area contributed by atoms with Crippen molar-refractivity contribution in [3.05, 3.63) is 45.6 Å². The Morgan fingerprint density at radius 1 is 1.27 bits per heavy atom. The molecule has 3 rings (SSSR count). The molecule has 116 valence electrons. The van der Waals surface area contributed by atoms with Crippen LogP contribution in [0.25, 0.3) is 0 Å². The molecule has 0 saturated heterocycles. The highest BCUT2D eigenvalue weighted by atomic mass is 32.1. The second-order valence-corrected chi connectivity index (χ2v) is 6.27. The summed E-state index contributed by atoms with van der Waals surface area (Å²) >= 11 is 1.67. The topological polar surface area (TPSA) is 38.8 Å². The van der Waals surface area contributed by atoms with Crippen molar-refractivity contribution in [1.82, 2.24) is 4.90 Å². The second kappa shape index (κ2) is 6.01. The monoisotopic (exact) mass is 317 g/mol. The molecule has 2 aromatic rings. The van der Waals surface area contributed by atoms with E-state index < -0.39 is 0 Å². The van der Waals surface area contributed by atoms with Gasteiger partial charge in [-0.2, -0.15) is 0 Å². The third kappa shape index (κ3) is 2.46. The van der Waals surface area contributed by atoms with E-state index in [0.717, 1.165) is 24.3 Å². The Bertz CT molecular complexity index is 681. The number of rotatable bonds is 3. The fraction of sp³-hybridized carbons (Fsp3) is 0.353. The summed E-state index contributed by atoms with van der Waals surface area (Å²) in [5.41, 5.74) is 2.34. The number of benzene rings is 1. The molecular formula is C17H19NO3S. The number of fused-ring (bicyclic) bond motifs is 1. The van der Waals surface area contributed by atoms with Crippen LogP contribution in [0.4, 0.5) is 0 Å². The summed E-state index contributed by atoms with van der Waals surface area (Å²) in [6.07, 6.45) is 0.830. The zero-order valence-corrected chi connectivity index (χ0v) is 13.8. The van der Waals surface area contributed by atoms with Crippen molar-refractivity contribution in [2.75, 3.05) is 20.8 Å². The van der Waals surface area contributed by atoms with Crippen LogP contribution in [0.3, 0.4) is 0 Å². The first-order valence-electron chi connectivity index (χ1n) is 7.21. The van der Waals surface area contributed by atoms with Crippen molar-refractivity contribution in [1.29, 1.82) is 0 Å². The van der Waals surface area contributed by atoms with Crippen LogP contribution in [0.15, 0.2) is 29.6 Å². The van der Waals surface area contributed by atoms with Gasteiger partial charge in [0, 0.05) is 18.3 Å². The maximum atomic E-state index is 12.1. The van der Waals surface area contributed by atoms with Crippen LogP contribution in [-0.2, 0) is 11.2 Å². The van der Waals surface area contributed by atoms with Crippen molar-refractivity contribution in [2.24, 2.45) is 0 Å². The van der Waals surface area contributed by atoms with Gasteiger partial charge in [0.05, 0.1) is 20.3 Å². The van der Waals surface area contributed by atoms with Crippen LogP contribution < -0.4 is 9.47 Å². The van der Waals surface area contributed by atoms with Gasteiger partial charge >= 0.3 is 0 Å². The summed E-state index contributed by atoms with van der Waals surface area (Å²) in [6.45, 7) is 2.35. The van der Waals surface area contributed by atoms with Crippen LogP contribution in [0.2, 0.25) is 0 Å². The van der Waals surface area contributed by atoms with Gasteiger partial charge in [-0.15, -0.1) is 11.3 Å². The van der Waals surface area contributed by atoms with E-state index in [0.29, 0.717) is 5.75 Å². The minimum Gasteiger partial charge on any atom is -0.493 e. The number of thiophene rings is 1. The number of carbonyl (C=O) groups excluding carboxylic acids is 1. The number of nitrogens with zero attached hydrogens (tertiary/aromatic N) is 1. The van der Waals surface area contributed by atoms with Gasteiger partial charge in [0.1, 0.15) is 0 Å². The fourth-order valence-electron chi connectivity index (χ4n) is 3.04. The molecule has 0 N–H and O–H groups in total. The minimum atomic E-state index is -0.0407. The van der Waals surface area contributed by atoms with Crippen LogP contribution in [0.1, 0.15) is 29.0 Å². The average Bonchev–Trinajstić information content (AvgIpc) is 3.06. The van der Waals surface area contributed by atoms with E-state index in [-0.39, 0.29) is 11.9 Å². The molecule has 0 bridgehead atoms. The zero-order valence-electron chi connectivity index (χ0n) is 13.0. The minimum absolute atomic E-state index is 0.0407. The normalized spacial score (nSPS) is 17.0. The van der Waals surface area contributed by atoms with Gasteiger partial charge in [0.2, 0.25) is 5.91 Å². The molecule has 1 aromatic carbocycles. The summed E-state index contributed by atoms with van der Waals surface area (Å²) in [5.74, 6) is 1.54. The maximum absolute atomic E-state index is 12.1. The highest BCUT2D eigenvalue weighted by molar-refractivity contribution is 7.10. The number of ether oxygens (including phenoxy) is 2. The first kappa shape index (κ1) is 14.9. The number of hydrogen-bond acceptors (Lipinski definition) is 4. The van der Waals surface area contributed by atoms with Crippen molar-refractivity contribution >= 4 is 17.2 Å². The number of amides is 1. The SMILES string of the molecule is COc1cc2c(cc1OC)[C@H](c1cccs1)N(C(C)=O)CC2. The van der Waals surface area contributed by atoms with E-state index in [1.54, 1.807) is 32.5 Å². The molecule has 0 saturated carbocycles. The highest BCUT2D eigenvalue weighted by Gasteiger charge is 2.32. The van der Waals surface area contributed by atoms with Crippen LogP contribution in [0, 0.1) is 0 Å². The lowest BCUT2D eigenvalue weighted by molar-refractivity contribution is -0.130. The summed E-state index contributed by atoms with van der Waals surface area (Å²) < 4.78 is 10.8. The standard InChI is InChI=1S/C17H19NO3S/c1-11(19)18-7-6-12-9-14(20-2)15(21-3)10-13(12)17(18)16-5-4-8-22-16/h4-5,8-10,17H,6-7H2,1-3H3/t17-/m1/s1. The van der Waals surface area contributed by atoms with E-state index in [2.05, 4.69) is 6.07 Å². The molecule has 1 aromatic heterocycles. The Labute approximate surface area is 134 Å². The van der Waals surface area contributed by atoms with Crippen molar-refractivity contribution < 1.29 is 14.3 Å². The predicted octanol–water partition coefficient (Wildman–Crippen LogP) is 3.26. The molecule has 2 heterocycles. The molecule has 0 unspecified atom stereocenters. The third-order valence-electron chi connectivity index (χ3n) is 4.09. The van der Waals surface area contributed by atoms with E-state index in [1.807, 2.05) is 28.5 Å². The average molecular weight is 317 g/mol. The maximum Gasteiger partial charge on any atom is 0.220 e. The molecule has 0 aliphatic carbocycles. The Morgan fingerprint density at radius 2 is 2.00 bits per heavy atom.